The average Bonchev–Trinajstić information content (AvgIpc) is 2.99. The summed E-state index contributed by atoms with van der Waals surface area (Å²) in [6, 6.07) is 10.3. The zero-order valence-corrected chi connectivity index (χ0v) is 26.7. The van der Waals surface area contributed by atoms with Crippen molar-refractivity contribution in [3.05, 3.63) is 30.3 Å². The van der Waals surface area contributed by atoms with Gasteiger partial charge in [-0.25, -0.2) is 0 Å². The van der Waals surface area contributed by atoms with Gasteiger partial charge in [0, 0.05) is 0 Å². The number of quaternary nitrogens is 1. The maximum absolute atomic E-state index is 11.9. The van der Waals surface area contributed by atoms with Crippen molar-refractivity contribution < 1.29 is 17.1 Å². The van der Waals surface area contributed by atoms with Crippen LogP contribution in [0.3, 0.4) is 0 Å². The van der Waals surface area contributed by atoms with Crippen LogP contribution in [0.25, 0.3) is 0 Å². The molecule has 2 aliphatic carbocycles. The summed E-state index contributed by atoms with van der Waals surface area (Å²) in [6.45, 7) is 10.2. The number of hydrogen-bond donors (Lipinski definition) is 0. The second kappa shape index (κ2) is 20.0. The fourth-order valence-corrected chi connectivity index (χ4v) is 8.12. The van der Waals surface area contributed by atoms with Gasteiger partial charge in [0.1, 0.15) is 0 Å². The van der Waals surface area contributed by atoms with E-state index in [-0.39, 0.29) is 11.5 Å². The van der Waals surface area contributed by atoms with Crippen molar-refractivity contribution in [3.8, 4) is 0 Å². The molecule has 1 aromatic carbocycles. The summed E-state index contributed by atoms with van der Waals surface area (Å²) in [7, 11) is -3.57. The minimum absolute atomic E-state index is 0.238. The Kier molecular flexibility index (Phi) is 17.6. The third-order valence-corrected chi connectivity index (χ3v) is 10.9. The van der Waals surface area contributed by atoms with Crippen molar-refractivity contribution in [3.63, 3.8) is 0 Å². The maximum atomic E-state index is 11.9. The molecule has 0 unspecified atom stereocenters. The van der Waals surface area contributed by atoms with Crippen LogP contribution in [0.1, 0.15) is 149 Å². The molecule has 0 radical (unpaired) electrons. The smallest absolute Gasteiger partial charge is 0.296 e. The second-order valence-corrected chi connectivity index (χ2v) is 13.7. The van der Waals surface area contributed by atoms with E-state index in [2.05, 4.69) is 20.8 Å². The van der Waals surface area contributed by atoms with Crippen molar-refractivity contribution in [2.75, 3.05) is 19.7 Å². The van der Waals surface area contributed by atoms with Crippen LogP contribution in [-0.4, -0.2) is 44.7 Å². The van der Waals surface area contributed by atoms with Gasteiger partial charge in [0.15, 0.2) is 0 Å². The first kappa shape index (κ1) is 34.3. The minimum atomic E-state index is -3.57. The van der Waals surface area contributed by atoms with E-state index in [1.54, 1.807) is 30.3 Å². The Balaban J connectivity index is 0.000000282. The summed E-state index contributed by atoms with van der Waals surface area (Å²) in [6.07, 6.45) is 27.3. The van der Waals surface area contributed by atoms with Gasteiger partial charge in [-0.1, -0.05) is 95.8 Å². The maximum Gasteiger partial charge on any atom is 0.296 e. The molecular formula is C34H62NO3S+. The molecule has 0 aliphatic heterocycles. The zero-order chi connectivity index (χ0) is 28.2. The molecule has 2 saturated carbocycles. The molecule has 226 valence electrons. The SMILES string of the molecule is CCCCCCCCCCCCOS(=O)(=O)c1ccccc1.CC[N+](CC)(C1CCCCC1)C1CCCCC1. The van der Waals surface area contributed by atoms with E-state index in [9.17, 15) is 8.42 Å². The molecule has 1 aromatic rings. The van der Waals surface area contributed by atoms with Crippen LogP contribution in [0.2, 0.25) is 0 Å². The van der Waals surface area contributed by atoms with Crippen molar-refractivity contribution >= 4 is 10.1 Å². The quantitative estimate of drug-likeness (QED) is 0.107. The Labute approximate surface area is 243 Å². The first-order valence-electron chi connectivity index (χ1n) is 16.8. The number of nitrogens with zero attached hydrogens (tertiary/aromatic N) is 1. The fourth-order valence-electron chi connectivity index (χ4n) is 7.16. The summed E-state index contributed by atoms with van der Waals surface area (Å²) in [5.74, 6) is 0. The summed E-state index contributed by atoms with van der Waals surface area (Å²) in [5.41, 5.74) is 0. The number of unbranched alkanes of at least 4 members (excludes halogenated alkanes) is 9. The van der Waals surface area contributed by atoms with Crippen LogP contribution in [0.4, 0.5) is 0 Å². The first-order valence-corrected chi connectivity index (χ1v) is 18.2. The highest BCUT2D eigenvalue weighted by Gasteiger charge is 2.41. The van der Waals surface area contributed by atoms with Gasteiger partial charge in [0.25, 0.3) is 10.1 Å². The highest BCUT2D eigenvalue weighted by atomic mass is 32.2. The van der Waals surface area contributed by atoms with Crippen LogP contribution >= 0.6 is 0 Å². The van der Waals surface area contributed by atoms with Crippen molar-refractivity contribution in [1.82, 2.24) is 0 Å². The normalized spacial score (nSPS) is 17.5. The fraction of sp³-hybridized carbons (Fsp3) is 0.824. The van der Waals surface area contributed by atoms with Gasteiger partial charge in [0.05, 0.1) is 36.7 Å². The summed E-state index contributed by atoms with van der Waals surface area (Å²) >= 11 is 0. The monoisotopic (exact) mass is 564 g/mol. The summed E-state index contributed by atoms with van der Waals surface area (Å²) in [5, 5.41) is 0. The number of rotatable bonds is 17. The van der Waals surface area contributed by atoms with E-state index in [1.165, 1.54) is 133 Å². The van der Waals surface area contributed by atoms with E-state index in [0.717, 1.165) is 24.9 Å². The van der Waals surface area contributed by atoms with Crippen molar-refractivity contribution in [1.29, 1.82) is 0 Å². The molecule has 0 amide bonds. The number of hydrogen-bond acceptors (Lipinski definition) is 3. The molecule has 0 N–H and O–H groups in total. The summed E-state index contributed by atoms with van der Waals surface area (Å²) < 4.78 is 30.3. The summed E-state index contributed by atoms with van der Waals surface area (Å²) in [4.78, 5) is 0.238. The predicted octanol–water partition coefficient (Wildman–Crippen LogP) is 9.82. The highest BCUT2D eigenvalue weighted by molar-refractivity contribution is 7.86. The van der Waals surface area contributed by atoms with Crippen LogP contribution in [0.5, 0.6) is 0 Å². The molecule has 2 aliphatic rings. The third-order valence-electron chi connectivity index (χ3n) is 9.55. The Bertz CT molecular complexity index is 790. The number of benzene rings is 1. The van der Waals surface area contributed by atoms with Gasteiger partial charge in [0.2, 0.25) is 0 Å². The topological polar surface area (TPSA) is 43.4 Å². The van der Waals surface area contributed by atoms with Crippen molar-refractivity contribution in [2.45, 2.75) is 166 Å². The van der Waals surface area contributed by atoms with E-state index in [4.69, 9.17) is 4.18 Å². The molecule has 0 bridgehead atoms. The average molecular weight is 565 g/mol. The largest absolute Gasteiger partial charge is 0.319 e. The molecule has 39 heavy (non-hydrogen) atoms. The Morgan fingerprint density at radius 3 is 1.51 bits per heavy atom. The molecule has 0 aromatic heterocycles. The Morgan fingerprint density at radius 1 is 0.641 bits per heavy atom. The molecule has 3 rings (SSSR count). The van der Waals surface area contributed by atoms with E-state index in [1.807, 2.05) is 0 Å². The van der Waals surface area contributed by atoms with Gasteiger partial charge >= 0.3 is 0 Å². The molecule has 0 heterocycles. The molecule has 4 nitrogen and oxygen atoms in total. The lowest BCUT2D eigenvalue weighted by atomic mass is 9.85. The van der Waals surface area contributed by atoms with Crippen molar-refractivity contribution in [2.24, 2.45) is 0 Å². The minimum Gasteiger partial charge on any atom is -0.319 e. The van der Waals surface area contributed by atoms with Crippen LogP contribution < -0.4 is 0 Å². The van der Waals surface area contributed by atoms with Gasteiger partial charge in [-0.05, 0) is 83.8 Å². The molecule has 5 heteroatoms. The lowest BCUT2D eigenvalue weighted by molar-refractivity contribution is -0.972. The highest BCUT2D eigenvalue weighted by Crippen LogP contribution is 2.36. The Morgan fingerprint density at radius 2 is 1.08 bits per heavy atom. The zero-order valence-electron chi connectivity index (χ0n) is 25.9. The lowest BCUT2D eigenvalue weighted by Gasteiger charge is -2.51. The Hall–Kier alpha value is -0.910. The standard InChI is InChI=1S/C18H30O3S.C16H32N/c1-2-3-4-5-6-7-8-9-10-14-17-21-22(19,20)18-15-12-11-13-16-18;1-3-17(4-2,15-11-7-5-8-12-15)16-13-9-6-10-14-16/h11-13,15-16H,2-10,14,17H2,1H3;15-16H,3-14H2,1-2H3/q;+1. The van der Waals surface area contributed by atoms with Gasteiger partial charge in [-0.3, -0.25) is 4.18 Å². The van der Waals surface area contributed by atoms with Gasteiger partial charge < -0.3 is 4.48 Å². The molecule has 0 spiro atoms. The first-order chi connectivity index (χ1) is 19.0. The lowest BCUT2D eigenvalue weighted by Crippen LogP contribution is -2.62. The van der Waals surface area contributed by atoms with E-state index in [0.29, 0.717) is 0 Å². The molecular weight excluding hydrogens is 502 g/mol. The van der Waals surface area contributed by atoms with Crippen LogP contribution in [-0.2, 0) is 14.3 Å². The van der Waals surface area contributed by atoms with E-state index >= 15 is 0 Å². The van der Waals surface area contributed by atoms with Gasteiger partial charge in [-0.2, -0.15) is 8.42 Å². The third kappa shape index (κ3) is 12.2. The van der Waals surface area contributed by atoms with E-state index < -0.39 is 10.1 Å². The molecule has 0 atom stereocenters. The van der Waals surface area contributed by atoms with Crippen LogP contribution in [0, 0.1) is 0 Å². The second-order valence-electron chi connectivity index (χ2n) is 12.1. The van der Waals surface area contributed by atoms with Gasteiger partial charge in [-0.15, -0.1) is 0 Å². The molecule has 0 saturated heterocycles. The van der Waals surface area contributed by atoms with Crippen LogP contribution in [0.15, 0.2) is 35.2 Å². The molecule has 2 fully saturated rings. The predicted molar refractivity (Wildman–Crippen MR) is 167 cm³/mol.